The van der Waals surface area contributed by atoms with Crippen LogP contribution in [-0.2, 0) is 9.22 Å². The molecule has 23 heavy (non-hydrogen) atoms. The molecule has 0 unspecified atom stereocenters. The molecule has 3 aliphatic rings. The minimum atomic E-state index is -1.70. The first-order chi connectivity index (χ1) is 10.5. The second kappa shape index (κ2) is 5.69. The van der Waals surface area contributed by atoms with Crippen LogP contribution in [0.2, 0.25) is 18.1 Å². The van der Waals surface area contributed by atoms with Crippen LogP contribution in [0.5, 0.6) is 0 Å². The molecule has 3 rings (SSSR count). The molecule has 2 nitrogen and oxygen atoms in total. The van der Waals surface area contributed by atoms with Gasteiger partial charge in [0.1, 0.15) is 5.78 Å². The Balaban J connectivity index is 1.75. The molecule has 3 fully saturated rings. The van der Waals surface area contributed by atoms with Crippen LogP contribution >= 0.6 is 0 Å². The van der Waals surface area contributed by atoms with Crippen molar-refractivity contribution in [1.29, 1.82) is 0 Å². The average Bonchev–Trinajstić information content (AvgIpc) is 2.71. The lowest BCUT2D eigenvalue weighted by molar-refractivity contribution is -0.125. The third-order valence-corrected chi connectivity index (χ3v) is 12.4. The molecule has 5 atom stereocenters. The SMILES string of the molecule is CC(C)(C)[Si](C)(C)O[C@H]1CC[C@H]2C[C@H]3CC(=O)CC[C@@H]3C[C@@]21C. The van der Waals surface area contributed by atoms with E-state index in [0.717, 1.165) is 31.1 Å². The molecule has 0 aromatic carbocycles. The molecule has 0 aromatic heterocycles. The van der Waals surface area contributed by atoms with Crippen molar-refractivity contribution >= 4 is 14.1 Å². The number of carbonyl (C=O) groups excluding carboxylic acids is 1. The zero-order valence-corrected chi connectivity index (χ0v) is 17.1. The number of ketones is 1. The lowest BCUT2D eigenvalue weighted by Gasteiger charge is -2.51. The lowest BCUT2D eigenvalue weighted by Crippen LogP contribution is -2.50. The zero-order valence-electron chi connectivity index (χ0n) is 16.1. The molecule has 3 aliphatic carbocycles. The lowest BCUT2D eigenvalue weighted by atomic mass is 9.57. The first-order valence-corrected chi connectivity index (χ1v) is 12.6. The van der Waals surface area contributed by atoms with Crippen LogP contribution in [-0.4, -0.2) is 20.2 Å². The summed E-state index contributed by atoms with van der Waals surface area (Å²) in [5.74, 6) is 2.75. The number of fused-ring (bicyclic) bond motifs is 2. The average molecular weight is 337 g/mol. The van der Waals surface area contributed by atoms with Crippen molar-refractivity contribution in [2.75, 3.05) is 0 Å². The van der Waals surface area contributed by atoms with Gasteiger partial charge in [-0.25, -0.2) is 0 Å². The Morgan fingerprint density at radius 2 is 1.83 bits per heavy atom. The summed E-state index contributed by atoms with van der Waals surface area (Å²) in [7, 11) is -1.70. The van der Waals surface area contributed by atoms with Crippen molar-refractivity contribution in [2.45, 2.75) is 96.9 Å². The standard InChI is InChI=1S/C20H36O2Si/c1-19(2,3)23(5,6)22-18-10-8-16-11-15-12-17(21)9-7-14(15)13-20(16,18)4/h14-16,18H,7-13H2,1-6H3/t14-,15+,16+,18+,20+/m1/s1. The van der Waals surface area contributed by atoms with Gasteiger partial charge < -0.3 is 4.43 Å². The van der Waals surface area contributed by atoms with Gasteiger partial charge in [0.05, 0.1) is 6.10 Å². The number of carbonyl (C=O) groups is 1. The Morgan fingerprint density at radius 3 is 2.48 bits per heavy atom. The van der Waals surface area contributed by atoms with Gasteiger partial charge in [0.2, 0.25) is 0 Å². The van der Waals surface area contributed by atoms with Gasteiger partial charge in [0.15, 0.2) is 8.32 Å². The van der Waals surface area contributed by atoms with Crippen molar-refractivity contribution in [3.63, 3.8) is 0 Å². The highest BCUT2D eigenvalue weighted by Crippen LogP contribution is 2.59. The molecule has 0 aliphatic heterocycles. The highest BCUT2D eigenvalue weighted by atomic mass is 28.4. The van der Waals surface area contributed by atoms with Crippen LogP contribution in [0.25, 0.3) is 0 Å². The van der Waals surface area contributed by atoms with E-state index in [1.165, 1.54) is 25.7 Å². The van der Waals surface area contributed by atoms with Crippen LogP contribution in [0.15, 0.2) is 0 Å². The van der Waals surface area contributed by atoms with E-state index in [4.69, 9.17) is 4.43 Å². The van der Waals surface area contributed by atoms with E-state index < -0.39 is 8.32 Å². The molecule has 132 valence electrons. The molecule has 0 bridgehead atoms. The van der Waals surface area contributed by atoms with E-state index in [2.05, 4.69) is 40.8 Å². The smallest absolute Gasteiger partial charge is 0.192 e. The van der Waals surface area contributed by atoms with Crippen LogP contribution in [0.4, 0.5) is 0 Å². The number of Topliss-reactive ketones (excluding diaryl/α,β-unsaturated/α-hetero) is 1. The third kappa shape index (κ3) is 3.08. The summed E-state index contributed by atoms with van der Waals surface area (Å²) in [4.78, 5) is 11.8. The summed E-state index contributed by atoms with van der Waals surface area (Å²) in [5.41, 5.74) is 0.358. The third-order valence-electron chi connectivity index (χ3n) is 7.93. The van der Waals surface area contributed by atoms with Gasteiger partial charge in [0, 0.05) is 12.8 Å². The minimum Gasteiger partial charge on any atom is -0.413 e. The van der Waals surface area contributed by atoms with Gasteiger partial charge in [0.25, 0.3) is 0 Å². The van der Waals surface area contributed by atoms with E-state index in [0.29, 0.717) is 23.2 Å². The molecular formula is C20H36O2Si. The predicted molar refractivity (Wildman–Crippen MR) is 98.0 cm³/mol. The number of rotatable bonds is 2. The molecule has 3 saturated carbocycles. The highest BCUT2D eigenvalue weighted by Gasteiger charge is 2.55. The molecule has 0 saturated heterocycles. The summed E-state index contributed by atoms with van der Waals surface area (Å²) in [6.07, 6.45) is 8.42. The second-order valence-electron chi connectivity index (χ2n) is 10.4. The van der Waals surface area contributed by atoms with Crippen molar-refractivity contribution in [3.8, 4) is 0 Å². The monoisotopic (exact) mass is 336 g/mol. The first kappa shape index (κ1) is 17.7. The minimum absolute atomic E-state index is 0.288. The second-order valence-corrected chi connectivity index (χ2v) is 15.1. The largest absolute Gasteiger partial charge is 0.413 e. The fraction of sp³-hybridized carbons (Fsp3) is 0.950. The van der Waals surface area contributed by atoms with E-state index in [9.17, 15) is 4.79 Å². The van der Waals surface area contributed by atoms with Gasteiger partial charge in [-0.1, -0.05) is 27.7 Å². The maximum atomic E-state index is 11.8. The van der Waals surface area contributed by atoms with Crippen molar-refractivity contribution in [3.05, 3.63) is 0 Å². The summed E-state index contributed by atoms with van der Waals surface area (Å²) < 4.78 is 6.91. The van der Waals surface area contributed by atoms with Crippen LogP contribution < -0.4 is 0 Å². The molecule has 0 spiro atoms. The van der Waals surface area contributed by atoms with Gasteiger partial charge in [-0.05, 0) is 73.4 Å². The van der Waals surface area contributed by atoms with E-state index in [-0.39, 0.29) is 5.04 Å². The molecule has 0 amide bonds. The van der Waals surface area contributed by atoms with E-state index in [1.54, 1.807) is 0 Å². The zero-order chi connectivity index (χ0) is 17.0. The van der Waals surface area contributed by atoms with Gasteiger partial charge in [-0.15, -0.1) is 0 Å². The predicted octanol–water partition coefficient (Wildman–Crippen LogP) is 5.57. The van der Waals surface area contributed by atoms with Gasteiger partial charge >= 0.3 is 0 Å². The molecule has 0 radical (unpaired) electrons. The maximum Gasteiger partial charge on any atom is 0.192 e. The van der Waals surface area contributed by atoms with Crippen LogP contribution in [0, 0.1) is 23.2 Å². The van der Waals surface area contributed by atoms with E-state index in [1.807, 2.05) is 0 Å². The van der Waals surface area contributed by atoms with Crippen molar-refractivity contribution in [1.82, 2.24) is 0 Å². The summed E-state index contributed by atoms with van der Waals surface area (Å²) in [6.45, 7) is 14.3. The Kier molecular flexibility index (Phi) is 4.37. The topological polar surface area (TPSA) is 26.3 Å². The van der Waals surface area contributed by atoms with Crippen LogP contribution in [0.1, 0.15) is 72.6 Å². The van der Waals surface area contributed by atoms with Crippen LogP contribution in [0.3, 0.4) is 0 Å². The van der Waals surface area contributed by atoms with Gasteiger partial charge in [-0.2, -0.15) is 0 Å². The Hall–Kier alpha value is -0.153. The maximum absolute atomic E-state index is 11.8. The van der Waals surface area contributed by atoms with Crippen molar-refractivity contribution < 1.29 is 9.22 Å². The quantitative estimate of drug-likeness (QED) is 0.616. The van der Waals surface area contributed by atoms with E-state index >= 15 is 0 Å². The normalized spacial score (nSPS) is 41.6. The molecule has 0 heterocycles. The van der Waals surface area contributed by atoms with Gasteiger partial charge in [-0.3, -0.25) is 4.79 Å². The fourth-order valence-electron chi connectivity index (χ4n) is 5.30. The Morgan fingerprint density at radius 1 is 1.13 bits per heavy atom. The Bertz CT molecular complexity index is 479. The fourth-order valence-corrected chi connectivity index (χ4v) is 6.76. The molecule has 0 N–H and O–H groups in total. The molecule has 3 heteroatoms. The summed E-state index contributed by atoms with van der Waals surface area (Å²) in [6, 6.07) is 0. The Labute approximate surface area is 143 Å². The molecular weight excluding hydrogens is 300 g/mol. The number of hydrogen-bond donors (Lipinski definition) is 0. The summed E-state index contributed by atoms with van der Waals surface area (Å²) in [5, 5.41) is 0.288. The highest BCUT2D eigenvalue weighted by molar-refractivity contribution is 6.74. The van der Waals surface area contributed by atoms with Crippen molar-refractivity contribution in [2.24, 2.45) is 23.2 Å². The first-order valence-electron chi connectivity index (χ1n) is 9.72. The number of hydrogen-bond acceptors (Lipinski definition) is 2. The molecule has 0 aromatic rings. The summed E-state index contributed by atoms with van der Waals surface area (Å²) >= 11 is 0.